The van der Waals surface area contributed by atoms with Crippen molar-refractivity contribution in [3.8, 4) is 0 Å². The van der Waals surface area contributed by atoms with E-state index in [0.29, 0.717) is 25.8 Å². The second-order valence-corrected chi connectivity index (χ2v) is 11.5. The van der Waals surface area contributed by atoms with Gasteiger partial charge >= 0.3 is 6.18 Å². The van der Waals surface area contributed by atoms with Crippen LogP contribution in [0.25, 0.3) is 0 Å². The lowest BCUT2D eigenvalue weighted by molar-refractivity contribution is -0.185. The molecule has 198 valence electrons. The third-order valence-electron chi connectivity index (χ3n) is 9.33. The molecule has 0 aromatic heterocycles. The van der Waals surface area contributed by atoms with Gasteiger partial charge < -0.3 is 14.2 Å². The van der Waals surface area contributed by atoms with Crippen LogP contribution in [0.1, 0.15) is 45.4 Å². The maximum Gasteiger partial charge on any atom is 0.391 e. The highest BCUT2D eigenvalue weighted by molar-refractivity contribution is 6.22. The summed E-state index contributed by atoms with van der Waals surface area (Å²) in [4.78, 5) is 27.2. The van der Waals surface area contributed by atoms with Gasteiger partial charge in [-0.1, -0.05) is 6.92 Å². The van der Waals surface area contributed by atoms with E-state index in [-0.39, 0.29) is 48.9 Å². The Morgan fingerprint density at radius 3 is 2.37 bits per heavy atom. The van der Waals surface area contributed by atoms with E-state index in [0.717, 1.165) is 0 Å². The number of rotatable bonds is 3. The average Bonchev–Trinajstić information content (AvgIpc) is 3.40. The fourth-order valence-corrected chi connectivity index (χ4v) is 7.80. The summed E-state index contributed by atoms with van der Waals surface area (Å²) in [5, 5.41) is 1.36. The van der Waals surface area contributed by atoms with E-state index in [1.807, 2.05) is 11.9 Å². The average molecular weight is 523 g/mol. The van der Waals surface area contributed by atoms with Gasteiger partial charge in [-0.15, -0.1) is 11.6 Å². The number of methoxy groups -OCH3 is 2. The lowest BCUT2D eigenvalue weighted by Gasteiger charge is -2.45. The van der Waals surface area contributed by atoms with Gasteiger partial charge in [-0.05, 0) is 25.7 Å². The van der Waals surface area contributed by atoms with Crippen molar-refractivity contribution in [1.29, 1.82) is 0 Å². The fraction of sp³-hybridized carbons (Fsp3) is 0.917. The molecule has 7 nitrogen and oxygen atoms in total. The Kier molecular flexibility index (Phi) is 6.80. The minimum absolute atomic E-state index is 0.0545. The SMILES string of the molecule is COC1CC(OC)C2C(=O)[C@@]3(OC2C1Cl)C1NN(C2CCC(C(F)(F)F)CC2)CC1C(=O)C[C@H]3C. The molecular formula is C24H34ClF3N2O5. The summed E-state index contributed by atoms with van der Waals surface area (Å²) < 4.78 is 57.3. The van der Waals surface area contributed by atoms with Gasteiger partial charge in [0.05, 0.1) is 47.5 Å². The summed E-state index contributed by atoms with van der Waals surface area (Å²) in [7, 11) is 3.13. The predicted molar refractivity (Wildman–Crippen MR) is 120 cm³/mol. The van der Waals surface area contributed by atoms with Crippen LogP contribution in [-0.2, 0) is 23.8 Å². The number of ether oxygens (including phenoxy) is 3. The lowest BCUT2D eigenvalue weighted by Crippen LogP contribution is -2.65. The number of alkyl halides is 4. The van der Waals surface area contributed by atoms with Crippen LogP contribution in [-0.4, -0.2) is 84.9 Å². The summed E-state index contributed by atoms with van der Waals surface area (Å²) in [6.45, 7) is 2.23. The molecule has 2 aliphatic heterocycles. The molecule has 0 amide bonds. The highest BCUT2D eigenvalue weighted by Crippen LogP contribution is 2.53. The standard InChI is InChI=1S/C24H34ClF3N2O5/c1-11-8-15(31)14-10-30(13-6-4-12(5-7-13)24(26,27)28)29-21(14)23(11)22(32)18-16(33-2)9-17(34-3)19(25)20(18)35-23/h11-14,16-21,29H,4-10H2,1-3H3/t11-,12?,13?,14?,16?,17?,18?,19?,20?,21?,23+/m1/s1. The van der Waals surface area contributed by atoms with Gasteiger partial charge in [0, 0.05) is 45.6 Å². The molecule has 2 heterocycles. The van der Waals surface area contributed by atoms with Crippen molar-refractivity contribution >= 4 is 23.2 Å². The molecule has 35 heavy (non-hydrogen) atoms. The third kappa shape index (κ3) is 3.98. The maximum atomic E-state index is 14.1. The van der Waals surface area contributed by atoms with E-state index >= 15 is 0 Å². The molecular weight excluding hydrogens is 489 g/mol. The zero-order valence-electron chi connectivity index (χ0n) is 20.2. The first kappa shape index (κ1) is 25.9. The molecule has 1 N–H and O–H groups in total. The number of nitrogens with zero attached hydrogens (tertiary/aromatic N) is 1. The van der Waals surface area contributed by atoms with Gasteiger partial charge in [0.15, 0.2) is 5.78 Å². The molecule has 5 fully saturated rings. The van der Waals surface area contributed by atoms with Crippen LogP contribution in [0.5, 0.6) is 0 Å². The second kappa shape index (κ2) is 9.20. The molecule has 0 radical (unpaired) electrons. The van der Waals surface area contributed by atoms with E-state index in [1.54, 1.807) is 14.2 Å². The first-order valence-electron chi connectivity index (χ1n) is 12.6. The number of hydrogen-bond acceptors (Lipinski definition) is 7. The van der Waals surface area contributed by atoms with E-state index in [1.165, 1.54) is 0 Å². The Hall–Kier alpha value is -0.780. The zero-order valence-corrected chi connectivity index (χ0v) is 21.0. The monoisotopic (exact) mass is 522 g/mol. The number of nitrogens with one attached hydrogen (secondary N) is 1. The minimum atomic E-state index is -4.18. The summed E-state index contributed by atoms with van der Waals surface area (Å²) >= 11 is 6.75. The molecule has 11 heteroatoms. The summed E-state index contributed by atoms with van der Waals surface area (Å²) in [5.74, 6) is -2.73. The summed E-state index contributed by atoms with van der Waals surface area (Å²) in [6, 6.07) is -0.705. The van der Waals surface area contributed by atoms with Gasteiger partial charge in [0.1, 0.15) is 11.4 Å². The minimum Gasteiger partial charge on any atom is -0.380 e. The Balaban J connectivity index is 1.41. The molecule has 9 atom stereocenters. The van der Waals surface area contributed by atoms with Gasteiger partial charge in [-0.25, -0.2) is 10.4 Å². The Morgan fingerprint density at radius 2 is 1.77 bits per heavy atom. The number of carbonyl (C=O) groups is 2. The smallest absolute Gasteiger partial charge is 0.380 e. The van der Waals surface area contributed by atoms with Crippen LogP contribution in [0.4, 0.5) is 13.2 Å². The van der Waals surface area contributed by atoms with Crippen molar-refractivity contribution in [2.24, 2.45) is 23.7 Å². The van der Waals surface area contributed by atoms with Gasteiger partial charge in [0.25, 0.3) is 0 Å². The van der Waals surface area contributed by atoms with Gasteiger partial charge in [0.2, 0.25) is 0 Å². The number of halogens is 4. The first-order chi connectivity index (χ1) is 16.5. The number of hydrazine groups is 1. The van der Waals surface area contributed by atoms with E-state index in [9.17, 15) is 22.8 Å². The van der Waals surface area contributed by atoms with Crippen LogP contribution in [0, 0.1) is 23.7 Å². The molecule has 3 saturated carbocycles. The van der Waals surface area contributed by atoms with Crippen molar-refractivity contribution in [3.05, 3.63) is 0 Å². The van der Waals surface area contributed by atoms with Crippen molar-refractivity contribution in [2.45, 2.75) is 93.0 Å². The molecule has 0 bridgehead atoms. The number of Topliss-reactive ketones (excluding diaryl/α,β-unsaturated/α-hetero) is 2. The van der Waals surface area contributed by atoms with Crippen molar-refractivity contribution in [1.82, 2.24) is 10.4 Å². The Bertz CT molecular complexity index is 854. The van der Waals surface area contributed by atoms with Crippen molar-refractivity contribution in [3.63, 3.8) is 0 Å². The molecule has 0 aromatic rings. The first-order valence-corrected chi connectivity index (χ1v) is 13.0. The quantitative estimate of drug-likeness (QED) is 0.571. The Morgan fingerprint density at radius 1 is 1.11 bits per heavy atom. The van der Waals surface area contributed by atoms with Crippen LogP contribution in [0.3, 0.4) is 0 Å². The number of carbonyl (C=O) groups excluding carboxylic acids is 2. The van der Waals surface area contributed by atoms with E-state index in [2.05, 4.69) is 5.43 Å². The van der Waals surface area contributed by atoms with Gasteiger partial charge in [-0.3, -0.25) is 9.59 Å². The maximum absolute atomic E-state index is 14.1. The topological polar surface area (TPSA) is 77.1 Å². The summed E-state index contributed by atoms with van der Waals surface area (Å²) in [6.07, 6.45) is -3.94. The number of hydrogen-bond donors (Lipinski definition) is 1. The number of ketones is 2. The molecule has 2 saturated heterocycles. The molecule has 1 spiro atoms. The van der Waals surface area contributed by atoms with Crippen LogP contribution in [0.2, 0.25) is 0 Å². The largest absolute Gasteiger partial charge is 0.391 e. The molecule has 3 aliphatic carbocycles. The summed E-state index contributed by atoms with van der Waals surface area (Å²) in [5.41, 5.74) is 2.14. The van der Waals surface area contributed by atoms with Crippen LogP contribution < -0.4 is 5.43 Å². The Labute approximate surface area is 208 Å². The predicted octanol–water partition coefficient (Wildman–Crippen LogP) is 2.89. The highest BCUT2D eigenvalue weighted by atomic mass is 35.5. The lowest BCUT2D eigenvalue weighted by atomic mass is 9.64. The van der Waals surface area contributed by atoms with Crippen molar-refractivity contribution in [2.75, 3.05) is 20.8 Å². The van der Waals surface area contributed by atoms with E-state index in [4.69, 9.17) is 25.8 Å². The second-order valence-electron chi connectivity index (χ2n) is 11.0. The zero-order chi connectivity index (χ0) is 25.3. The molecule has 0 aromatic carbocycles. The molecule has 5 rings (SSSR count). The highest BCUT2D eigenvalue weighted by Gasteiger charge is 2.70. The normalized spacial score (nSPS) is 48.9. The number of fused-ring (bicyclic) bond motifs is 3. The van der Waals surface area contributed by atoms with Gasteiger partial charge in [-0.2, -0.15) is 13.2 Å². The van der Waals surface area contributed by atoms with Crippen LogP contribution in [0.15, 0.2) is 0 Å². The third-order valence-corrected chi connectivity index (χ3v) is 9.86. The van der Waals surface area contributed by atoms with E-state index < -0.39 is 53.2 Å². The van der Waals surface area contributed by atoms with Crippen molar-refractivity contribution < 1.29 is 37.0 Å². The molecule has 7 unspecified atom stereocenters. The molecule has 5 aliphatic rings. The van der Waals surface area contributed by atoms with Crippen LogP contribution >= 0.6 is 11.6 Å². The fourth-order valence-electron chi connectivity index (χ4n) is 7.38.